The van der Waals surface area contributed by atoms with Crippen LogP contribution in [0.25, 0.3) is 0 Å². The highest BCUT2D eigenvalue weighted by molar-refractivity contribution is 6.06. The SMILES string of the molecule is CCCCCCCCCCCCCCOc1ccc(C(=O)OCCN2C(=O)C3C4OC(C(O)C4O)C3C2=O)cc1. The van der Waals surface area contributed by atoms with Crippen LogP contribution in [-0.2, 0) is 19.1 Å². The predicted octanol–water partition coefficient (Wildman–Crippen LogP) is 4.03. The van der Waals surface area contributed by atoms with Crippen LogP contribution in [0.2, 0.25) is 0 Å². The topological polar surface area (TPSA) is 123 Å². The molecule has 6 atom stereocenters. The second-order valence-corrected chi connectivity index (χ2v) is 11.3. The first-order valence-electron chi connectivity index (χ1n) is 15.2. The Hall–Kier alpha value is -2.49. The zero-order valence-electron chi connectivity index (χ0n) is 23.7. The van der Waals surface area contributed by atoms with Crippen molar-refractivity contribution in [2.24, 2.45) is 11.8 Å². The smallest absolute Gasteiger partial charge is 0.338 e. The number of nitrogens with zero attached hydrogens (tertiary/aromatic N) is 1. The van der Waals surface area contributed by atoms with Crippen LogP contribution >= 0.6 is 0 Å². The summed E-state index contributed by atoms with van der Waals surface area (Å²) < 4.78 is 16.6. The van der Waals surface area contributed by atoms with E-state index in [1.807, 2.05) is 0 Å². The fourth-order valence-electron chi connectivity index (χ4n) is 6.14. The number of carbonyl (C=O) groups is 3. The Kier molecular flexibility index (Phi) is 11.4. The van der Waals surface area contributed by atoms with Crippen LogP contribution < -0.4 is 4.74 Å². The van der Waals surface area contributed by atoms with Gasteiger partial charge in [-0.2, -0.15) is 0 Å². The summed E-state index contributed by atoms with van der Waals surface area (Å²) >= 11 is 0. The van der Waals surface area contributed by atoms with E-state index in [1.54, 1.807) is 24.3 Å². The van der Waals surface area contributed by atoms with Gasteiger partial charge in [0.1, 0.15) is 24.6 Å². The average Bonchev–Trinajstić information content (AvgIpc) is 3.57. The Labute approximate surface area is 237 Å². The molecule has 40 heavy (non-hydrogen) atoms. The first kappa shape index (κ1) is 30.5. The third kappa shape index (κ3) is 7.22. The summed E-state index contributed by atoms with van der Waals surface area (Å²) in [6.45, 7) is 2.67. The highest BCUT2D eigenvalue weighted by atomic mass is 16.6. The van der Waals surface area contributed by atoms with Crippen molar-refractivity contribution in [1.29, 1.82) is 0 Å². The summed E-state index contributed by atoms with van der Waals surface area (Å²) in [6, 6.07) is 6.74. The Morgan fingerprint density at radius 1 is 0.775 bits per heavy atom. The average molecular weight is 560 g/mol. The monoisotopic (exact) mass is 559 g/mol. The largest absolute Gasteiger partial charge is 0.494 e. The van der Waals surface area contributed by atoms with Crippen molar-refractivity contribution in [2.45, 2.75) is 108 Å². The van der Waals surface area contributed by atoms with Gasteiger partial charge >= 0.3 is 5.97 Å². The lowest BCUT2D eigenvalue weighted by molar-refractivity contribution is -0.143. The summed E-state index contributed by atoms with van der Waals surface area (Å²) in [5.41, 5.74) is 0.353. The standard InChI is InChI=1S/C31H45NO8/c1-2-3-4-5-6-7-8-9-10-11-12-13-19-38-22-16-14-21(15-17-22)31(37)39-20-18-32-29(35)23-24(30(32)36)28-26(34)25(33)27(23)40-28/h14-17,23-28,33-34H,2-13,18-20H2,1H3. The maximum Gasteiger partial charge on any atom is 0.338 e. The number of rotatable bonds is 18. The lowest BCUT2D eigenvalue weighted by Crippen LogP contribution is -2.47. The van der Waals surface area contributed by atoms with Crippen LogP contribution in [0.1, 0.15) is 94.3 Å². The highest BCUT2D eigenvalue weighted by Crippen LogP contribution is 2.48. The molecule has 0 radical (unpaired) electrons. The van der Waals surface area contributed by atoms with Gasteiger partial charge in [0.25, 0.3) is 0 Å². The molecule has 2 N–H and O–H groups in total. The summed E-state index contributed by atoms with van der Waals surface area (Å²) in [4.78, 5) is 39.0. The number of likely N-dealkylation sites (tertiary alicyclic amines) is 1. The van der Waals surface area contributed by atoms with Crippen molar-refractivity contribution in [1.82, 2.24) is 4.90 Å². The minimum Gasteiger partial charge on any atom is -0.494 e. The van der Waals surface area contributed by atoms with Crippen molar-refractivity contribution >= 4 is 17.8 Å². The lowest BCUT2D eigenvalue weighted by Gasteiger charge is -2.25. The van der Waals surface area contributed by atoms with Crippen LogP contribution in [0.5, 0.6) is 5.75 Å². The second-order valence-electron chi connectivity index (χ2n) is 11.3. The van der Waals surface area contributed by atoms with E-state index in [1.165, 1.54) is 64.2 Å². The van der Waals surface area contributed by atoms with E-state index in [9.17, 15) is 24.6 Å². The molecular formula is C31H45NO8. The normalized spacial score (nSPS) is 26.9. The van der Waals surface area contributed by atoms with E-state index >= 15 is 0 Å². The first-order valence-corrected chi connectivity index (χ1v) is 15.2. The molecule has 1 aromatic carbocycles. The molecule has 0 saturated carbocycles. The summed E-state index contributed by atoms with van der Waals surface area (Å²) in [7, 11) is 0. The third-order valence-corrected chi connectivity index (χ3v) is 8.44. The fourth-order valence-corrected chi connectivity index (χ4v) is 6.14. The van der Waals surface area contributed by atoms with Crippen molar-refractivity contribution < 1.29 is 38.8 Å². The van der Waals surface area contributed by atoms with E-state index in [-0.39, 0.29) is 13.2 Å². The molecule has 222 valence electrons. The first-order chi connectivity index (χ1) is 19.4. The number of ether oxygens (including phenoxy) is 3. The molecule has 4 rings (SSSR count). The number of esters is 1. The van der Waals surface area contributed by atoms with Gasteiger partial charge < -0.3 is 24.4 Å². The molecule has 2 bridgehead atoms. The maximum absolute atomic E-state index is 12.7. The van der Waals surface area contributed by atoms with Gasteiger partial charge in [-0.1, -0.05) is 77.6 Å². The van der Waals surface area contributed by atoms with Crippen LogP contribution in [0, 0.1) is 11.8 Å². The second kappa shape index (κ2) is 14.9. The van der Waals surface area contributed by atoms with Crippen LogP contribution in [-0.4, -0.2) is 77.1 Å². The number of amides is 2. The molecule has 0 aromatic heterocycles. The Morgan fingerprint density at radius 3 is 1.80 bits per heavy atom. The molecule has 3 saturated heterocycles. The van der Waals surface area contributed by atoms with Gasteiger partial charge in [-0.25, -0.2) is 4.79 Å². The van der Waals surface area contributed by atoms with E-state index < -0.39 is 54.0 Å². The zero-order chi connectivity index (χ0) is 28.5. The number of aliphatic hydroxyl groups is 2. The van der Waals surface area contributed by atoms with Crippen LogP contribution in [0.3, 0.4) is 0 Å². The molecule has 3 aliphatic heterocycles. The number of unbranched alkanes of at least 4 members (excludes halogenated alkanes) is 11. The van der Waals surface area contributed by atoms with Gasteiger partial charge in [0.15, 0.2) is 0 Å². The summed E-state index contributed by atoms with van der Waals surface area (Å²) in [5.74, 6) is -2.37. The van der Waals surface area contributed by atoms with Crippen molar-refractivity contribution in [3.63, 3.8) is 0 Å². The Balaban J connectivity index is 1.06. The molecule has 3 fully saturated rings. The number of hydrogen-bond acceptors (Lipinski definition) is 8. The van der Waals surface area contributed by atoms with E-state index in [4.69, 9.17) is 14.2 Å². The van der Waals surface area contributed by atoms with Gasteiger partial charge in [-0.05, 0) is 30.7 Å². The molecule has 6 unspecified atom stereocenters. The van der Waals surface area contributed by atoms with E-state index in [2.05, 4.69) is 6.92 Å². The van der Waals surface area contributed by atoms with E-state index in [0.717, 1.165) is 17.7 Å². The molecule has 0 aliphatic carbocycles. The third-order valence-electron chi connectivity index (χ3n) is 8.44. The number of imide groups is 1. The maximum atomic E-state index is 12.7. The molecular weight excluding hydrogens is 514 g/mol. The molecule has 0 spiro atoms. The Bertz CT molecular complexity index is 950. The van der Waals surface area contributed by atoms with Crippen LogP contribution in [0.4, 0.5) is 0 Å². The minimum atomic E-state index is -1.18. The molecule has 2 amide bonds. The number of fused-ring (bicyclic) bond motifs is 5. The molecule has 9 nitrogen and oxygen atoms in total. The van der Waals surface area contributed by atoms with E-state index in [0.29, 0.717) is 17.9 Å². The van der Waals surface area contributed by atoms with Crippen molar-refractivity contribution in [3.05, 3.63) is 29.8 Å². The number of hydrogen-bond donors (Lipinski definition) is 2. The number of benzene rings is 1. The van der Waals surface area contributed by atoms with Gasteiger partial charge in [0.05, 0.1) is 42.8 Å². The predicted molar refractivity (Wildman–Crippen MR) is 148 cm³/mol. The quantitative estimate of drug-likeness (QED) is 0.157. The van der Waals surface area contributed by atoms with Gasteiger partial charge in [-0.3, -0.25) is 14.5 Å². The van der Waals surface area contributed by atoms with Gasteiger partial charge in [-0.15, -0.1) is 0 Å². The molecule has 9 heteroatoms. The Morgan fingerprint density at radius 2 is 1.27 bits per heavy atom. The number of carbonyl (C=O) groups excluding carboxylic acids is 3. The lowest BCUT2D eigenvalue weighted by atomic mass is 9.78. The molecule has 3 aliphatic rings. The summed E-state index contributed by atoms with van der Waals surface area (Å²) in [5, 5.41) is 20.0. The minimum absolute atomic E-state index is 0.0811. The molecule has 1 aromatic rings. The van der Waals surface area contributed by atoms with Gasteiger partial charge in [0, 0.05) is 0 Å². The number of aliphatic hydroxyl groups excluding tert-OH is 2. The zero-order valence-corrected chi connectivity index (χ0v) is 23.7. The van der Waals surface area contributed by atoms with Gasteiger partial charge in [0.2, 0.25) is 11.8 Å². The van der Waals surface area contributed by atoms with Crippen molar-refractivity contribution in [2.75, 3.05) is 19.8 Å². The van der Waals surface area contributed by atoms with Crippen LogP contribution in [0.15, 0.2) is 24.3 Å². The molecule has 3 heterocycles. The van der Waals surface area contributed by atoms with Crippen molar-refractivity contribution in [3.8, 4) is 5.75 Å². The highest BCUT2D eigenvalue weighted by Gasteiger charge is 2.68. The fraction of sp³-hybridized carbons (Fsp3) is 0.710. The summed E-state index contributed by atoms with van der Waals surface area (Å²) in [6.07, 6.45) is 11.4.